The van der Waals surface area contributed by atoms with E-state index in [9.17, 15) is 4.79 Å². The molecule has 0 aliphatic heterocycles. The fourth-order valence-electron chi connectivity index (χ4n) is 3.38. The topological polar surface area (TPSA) is 17.1 Å². The van der Waals surface area contributed by atoms with Crippen LogP contribution in [0.3, 0.4) is 0 Å². The highest BCUT2D eigenvalue weighted by molar-refractivity contribution is 5.78. The Bertz CT molecular complexity index is 318. The third-order valence-corrected chi connectivity index (χ3v) is 5.49. The van der Waals surface area contributed by atoms with Crippen molar-refractivity contribution < 1.29 is 4.79 Å². The summed E-state index contributed by atoms with van der Waals surface area (Å²) in [6, 6.07) is 0. The molecule has 0 spiro atoms. The van der Waals surface area contributed by atoms with Crippen molar-refractivity contribution in [1.29, 1.82) is 0 Å². The van der Waals surface area contributed by atoms with Crippen molar-refractivity contribution in [3.63, 3.8) is 0 Å². The highest BCUT2D eigenvalue weighted by Gasteiger charge is 2.06. The smallest absolute Gasteiger partial charge is 0.133 e. The van der Waals surface area contributed by atoms with Crippen LogP contribution in [0.1, 0.15) is 136 Å². The summed E-state index contributed by atoms with van der Waals surface area (Å²) in [4.78, 5) is 11.8. The van der Waals surface area contributed by atoms with Crippen LogP contribution in [-0.4, -0.2) is 5.78 Å². The molecule has 0 aliphatic rings. The number of carbonyl (C=O) groups is 1. The molecule has 26 heavy (non-hydrogen) atoms. The lowest BCUT2D eigenvalue weighted by Crippen LogP contribution is -2.04. The second-order valence-electron chi connectivity index (χ2n) is 8.30. The number of ketones is 1. The molecule has 0 heterocycles. The summed E-state index contributed by atoms with van der Waals surface area (Å²) in [6.45, 7) is 6.63. The van der Waals surface area contributed by atoms with E-state index in [-0.39, 0.29) is 0 Å². The maximum Gasteiger partial charge on any atom is 0.133 e. The molecule has 154 valence electrons. The molecule has 0 radical (unpaired) electrons. The van der Waals surface area contributed by atoms with Gasteiger partial charge in [-0.2, -0.15) is 0 Å². The van der Waals surface area contributed by atoms with Gasteiger partial charge in [0.15, 0.2) is 0 Å². The van der Waals surface area contributed by atoms with E-state index in [1.165, 1.54) is 89.9 Å². The standard InChI is InChI=1S/C25H48O/c1-4-6-7-8-9-10-11-12-13-14-15-16-17-18-19-20-21-22-25(26)23-24(3)5-2/h12-13,24H,4-11,14-23H2,1-3H3/b13-12-. The Kier molecular flexibility index (Phi) is 20.2. The highest BCUT2D eigenvalue weighted by atomic mass is 16.1. The van der Waals surface area contributed by atoms with Gasteiger partial charge in [-0.3, -0.25) is 4.79 Å². The zero-order chi connectivity index (χ0) is 19.3. The van der Waals surface area contributed by atoms with Gasteiger partial charge in [0.25, 0.3) is 0 Å². The number of unbranched alkanes of at least 4 members (excludes halogenated alkanes) is 13. The summed E-state index contributed by atoms with van der Waals surface area (Å²) in [5.41, 5.74) is 0. The summed E-state index contributed by atoms with van der Waals surface area (Å²) in [6.07, 6.45) is 27.6. The lowest BCUT2D eigenvalue weighted by atomic mass is 9.98. The largest absolute Gasteiger partial charge is 0.300 e. The molecule has 0 aromatic carbocycles. The van der Waals surface area contributed by atoms with Gasteiger partial charge in [0, 0.05) is 12.8 Å². The fourth-order valence-corrected chi connectivity index (χ4v) is 3.38. The Labute approximate surface area is 165 Å². The lowest BCUT2D eigenvalue weighted by molar-refractivity contribution is -0.120. The van der Waals surface area contributed by atoms with Gasteiger partial charge >= 0.3 is 0 Å². The molecule has 1 atom stereocenters. The van der Waals surface area contributed by atoms with Gasteiger partial charge in [-0.05, 0) is 38.0 Å². The Morgan fingerprint density at radius 3 is 1.65 bits per heavy atom. The van der Waals surface area contributed by atoms with E-state index in [1.807, 2.05) is 0 Å². The van der Waals surface area contributed by atoms with Gasteiger partial charge in [-0.15, -0.1) is 0 Å². The normalized spacial score (nSPS) is 12.7. The molecule has 0 saturated carbocycles. The number of Topliss-reactive ketones (excluding diaryl/α,β-unsaturated/α-hetero) is 1. The van der Waals surface area contributed by atoms with Gasteiger partial charge in [0.2, 0.25) is 0 Å². The number of carbonyl (C=O) groups excluding carboxylic acids is 1. The van der Waals surface area contributed by atoms with Gasteiger partial charge in [0.05, 0.1) is 0 Å². The summed E-state index contributed by atoms with van der Waals surface area (Å²) in [5.74, 6) is 1.05. The third-order valence-electron chi connectivity index (χ3n) is 5.49. The van der Waals surface area contributed by atoms with Crippen LogP contribution in [-0.2, 0) is 4.79 Å². The van der Waals surface area contributed by atoms with Crippen LogP contribution in [0.25, 0.3) is 0 Å². The molecule has 0 rings (SSSR count). The molecule has 1 nitrogen and oxygen atoms in total. The van der Waals surface area contributed by atoms with Crippen molar-refractivity contribution in [3.8, 4) is 0 Å². The first-order valence-electron chi connectivity index (χ1n) is 11.9. The molecule has 1 unspecified atom stereocenters. The van der Waals surface area contributed by atoms with Gasteiger partial charge < -0.3 is 0 Å². The molecule has 0 aromatic heterocycles. The number of rotatable bonds is 20. The molecular weight excluding hydrogens is 316 g/mol. The van der Waals surface area contributed by atoms with Crippen molar-refractivity contribution in [3.05, 3.63) is 12.2 Å². The zero-order valence-corrected chi connectivity index (χ0v) is 18.4. The summed E-state index contributed by atoms with van der Waals surface area (Å²) in [5, 5.41) is 0. The lowest BCUT2D eigenvalue weighted by Gasteiger charge is -2.06. The monoisotopic (exact) mass is 364 g/mol. The first-order valence-corrected chi connectivity index (χ1v) is 11.9. The number of hydrogen-bond acceptors (Lipinski definition) is 1. The maximum atomic E-state index is 11.8. The minimum atomic E-state index is 0.479. The summed E-state index contributed by atoms with van der Waals surface area (Å²) in [7, 11) is 0. The molecule has 0 N–H and O–H groups in total. The minimum absolute atomic E-state index is 0.479. The van der Waals surface area contributed by atoms with E-state index < -0.39 is 0 Å². The average molecular weight is 365 g/mol. The molecule has 0 fully saturated rings. The summed E-state index contributed by atoms with van der Waals surface area (Å²) < 4.78 is 0. The Balaban J connectivity index is 3.19. The van der Waals surface area contributed by atoms with Crippen molar-refractivity contribution in [2.24, 2.45) is 5.92 Å². The first kappa shape index (κ1) is 25.4. The predicted molar refractivity (Wildman–Crippen MR) is 118 cm³/mol. The number of allylic oxidation sites excluding steroid dienone is 2. The van der Waals surface area contributed by atoms with Crippen molar-refractivity contribution >= 4 is 5.78 Å². The predicted octanol–water partition coefficient (Wildman–Crippen LogP) is 8.81. The van der Waals surface area contributed by atoms with E-state index in [2.05, 4.69) is 32.9 Å². The van der Waals surface area contributed by atoms with Crippen LogP contribution in [0.5, 0.6) is 0 Å². The van der Waals surface area contributed by atoms with Crippen LogP contribution in [0.15, 0.2) is 12.2 Å². The Hall–Kier alpha value is -0.590. The third kappa shape index (κ3) is 19.7. The SMILES string of the molecule is CCCCCCCC/C=C\CCCCCCCCCC(=O)CC(C)CC. The first-order chi connectivity index (χ1) is 12.7. The van der Waals surface area contributed by atoms with Crippen molar-refractivity contribution in [2.75, 3.05) is 0 Å². The average Bonchev–Trinajstić information content (AvgIpc) is 2.64. The highest BCUT2D eigenvalue weighted by Crippen LogP contribution is 2.13. The van der Waals surface area contributed by atoms with Crippen LogP contribution in [0, 0.1) is 5.92 Å². The van der Waals surface area contributed by atoms with E-state index in [1.54, 1.807) is 0 Å². The zero-order valence-electron chi connectivity index (χ0n) is 18.4. The fraction of sp³-hybridized carbons (Fsp3) is 0.880. The van der Waals surface area contributed by atoms with Gasteiger partial charge in [0.1, 0.15) is 5.78 Å². The summed E-state index contributed by atoms with van der Waals surface area (Å²) >= 11 is 0. The van der Waals surface area contributed by atoms with Gasteiger partial charge in [-0.25, -0.2) is 0 Å². The van der Waals surface area contributed by atoms with Crippen molar-refractivity contribution in [1.82, 2.24) is 0 Å². The van der Waals surface area contributed by atoms with E-state index in [0.717, 1.165) is 25.7 Å². The maximum absolute atomic E-state index is 11.8. The molecule has 0 aromatic rings. The molecular formula is C25H48O. The van der Waals surface area contributed by atoms with Crippen LogP contribution in [0.2, 0.25) is 0 Å². The quantitative estimate of drug-likeness (QED) is 0.156. The second kappa shape index (κ2) is 20.7. The van der Waals surface area contributed by atoms with E-state index >= 15 is 0 Å². The molecule has 0 bridgehead atoms. The molecule has 1 heteroatoms. The Morgan fingerprint density at radius 1 is 0.692 bits per heavy atom. The van der Waals surface area contributed by atoms with Crippen LogP contribution in [0.4, 0.5) is 0 Å². The van der Waals surface area contributed by atoms with E-state index in [4.69, 9.17) is 0 Å². The minimum Gasteiger partial charge on any atom is -0.300 e. The van der Waals surface area contributed by atoms with Crippen molar-refractivity contribution in [2.45, 2.75) is 136 Å². The van der Waals surface area contributed by atoms with E-state index in [0.29, 0.717) is 11.7 Å². The molecule has 0 aliphatic carbocycles. The van der Waals surface area contributed by atoms with Gasteiger partial charge in [-0.1, -0.05) is 104 Å². The number of hydrogen-bond donors (Lipinski definition) is 0. The van der Waals surface area contributed by atoms with Crippen LogP contribution < -0.4 is 0 Å². The Morgan fingerprint density at radius 2 is 1.15 bits per heavy atom. The molecule has 0 amide bonds. The van der Waals surface area contributed by atoms with Crippen LogP contribution >= 0.6 is 0 Å². The molecule has 0 saturated heterocycles. The second-order valence-corrected chi connectivity index (χ2v) is 8.30.